The maximum Gasteiger partial charge on any atom is 0.407 e. The molecule has 1 aromatic carbocycles. The van der Waals surface area contributed by atoms with Gasteiger partial charge in [0.05, 0.1) is 19.8 Å². The van der Waals surface area contributed by atoms with Crippen LogP contribution in [0.4, 0.5) is 9.18 Å². The van der Waals surface area contributed by atoms with Gasteiger partial charge in [-0.1, -0.05) is 26.5 Å². The number of hydrogen-bond donors (Lipinski definition) is 2. The second-order valence-corrected chi connectivity index (χ2v) is 6.39. The number of rotatable bonds is 12. The predicted octanol–water partition coefficient (Wildman–Crippen LogP) is 2.76. The lowest BCUT2D eigenvalue weighted by molar-refractivity contribution is -0.116. The average molecular weight is 396 g/mol. The summed E-state index contributed by atoms with van der Waals surface area (Å²) in [5, 5.41) is 5.08. The summed E-state index contributed by atoms with van der Waals surface area (Å²) in [4.78, 5) is 22.6. The fraction of sp³-hybridized carbons (Fsp3) is 0.500. The standard InChI is InChI=1S/C20H29FN2O5/c1-5-19(24)23-13-15(4)28-20(25)22-8-9-26-10-11-27-18-12-16(21)6-7-17(18)14(2)3/h5-7,12,14-15H,1,8-11,13H2,2-4H3,(H,22,25)(H,23,24). The first-order valence-electron chi connectivity index (χ1n) is 9.18. The van der Waals surface area contributed by atoms with Gasteiger partial charge < -0.3 is 24.8 Å². The Morgan fingerprint density at radius 1 is 1.18 bits per heavy atom. The molecule has 28 heavy (non-hydrogen) atoms. The Kier molecular flexibility index (Phi) is 10.6. The Hall–Kier alpha value is -2.61. The van der Waals surface area contributed by atoms with E-state index in [0.29, 0.717) is 12.4 Å². The number of benzene rings is 1. The molecule has 0 bridgehead atoms. The minimum atomic E-state index is -0.596. The van der Waals surface area contributed by atoms with E-state index < -0.39 is 12.2 Å². The van der Waals surface area contributed by atoms with Crippen molar-refractivity contribution in [2.75, 3.05) is 32.9 Å². The summed E-state index contributed by atoms with van der Waals surface area (Å²) in [5.41, 5.74) is 0.934. The second kappa shape index (κ2) is 12.7. The van der Waals surface area contributed by atoms with Gasteiger partial charge in [-0.05, 0) is 30.5 Å². The van der Waals surface area contributed by atoms with Crippen LogP contribution in [0.2, 0.25) is 0 Å². The fourth-order valence-corrected chi connectivity index (χ4v) is 2.23. The van der Waals surface area contributed by atoms with E-state index in [4.69, 9.17) is 14.2 Å². The highest BCUT2D eigenvalue weighted by Gasteiger charge is 2.10. The van der Waals surface area contributed by atoms with Crippen LogP contribution in [0, 0.1) is 5.82 Å². The number of ether oxygens (including phenoxy) is 3. The zero-order valence-electron chi connectivity index (χ0n) is 16.6. The van der Waals surface area contributed by atoms with Gasteiger partial charge in [0, 0.05) is 12.6 Å². The van der Waals surface area contributed by atoms with Crippen molar-refractivity contribution < 1.29 is 28.2 Å². The van der Waals surface area contributed by atoms with E-state index in [-0.39, 0.29) is 43.9 Å². The number of amides is 2. The zero-order valence-corrected chi connectivity index (χ0v) is 16.6. The van der Waals surface area contributed by atoms with Crippen LogP contribution in [0.1, 0.15) is 32.3 Å². The van der Waals surface area contributed by atoms with Crippen molar-refractivity contribution in [3.8, 4) is 5.75 Å². The molecule has 2 amide bonds. The highest BCUT2D eigenvalue weighted by atomic mass is 19.1. The van der Waals surface area contributed by atoms with E-state index in [1.165, 1.54) is 12.1 Å². The Morgan fingerprint density at radius 2 is 1.93 bits per heavy atom. The maximum absolute atomic E-state index is 13.4. The molecule has 0 aliphatic rings. The molecule has 0 spiro atoms. The van der Waals surface area contributed by atoms with Gasteiger partial charge in [0.1, 0.15) is 24.3 Å². The van der Waals surface area contributed by atoms with Gasteiger partial charge in [0.2, 0.25) is 5.91 Å². The zero-order chi connectivity index (χ0) is 20.9. The van der Waals surface area contributed by atoms with Crippen molar-refractivity contribution in [2.24, 2.45) is 0 Å². The molecule has 0 fully saturated rings. The highest BCUT2D eigenvalue weighted by molar-refractivity contribution is 5.86. The molecule has 156 valence electrons. The molecule has 0 saturated heterocycles. The normalized spacial score (nSPS) is 11.6. The molecule has 1 aromatic rings. The topological polar surface area (TPSA) is 85.9 Å². The first-order chi connectivity index (χ1) is 13.3. The minimum absolute atomic E-state index is 0.199. The minimum Gasteiger partial charge on any atom is -0.491 e. The summed E-state index contributed by atoms with van der Waals surface area (Å²) in [6, 6.07) is 4.50. The maximum atomic E-state index is 13.4. The van der Waals surface area contributed by atoms with Gasteiger partial charge in [-0.3, -0.25) is 4.79 Å². The van der Waals surface area contributed by atoms with Crippen LogP contribution < -0.4 is 15.4 Å². The molecule has 1 rings (SSSR count). The van der Waals surface area contributed by atoms with E-state index in [0.717, 1.165) is 11.6 Å². The summed E-state index contributed by atoms with van der Waals surface area (Å²) in [6.45, 7) is 10.3. The largest absolute Gasteiger partial charge is 0.491 e. The smallest absolute Gasteiger partial charge is 0.407 e. The van der Waals surface area contributed by atoms with Crippen LogP contribution in [-0.4, -0.2) is 51.0 Å². The molecule has 2 N–H and O–H groups in total. The van der Waals surface area contributed by atoms with Crippen LogP contribution in [0.15, 0.2) is 30.9 Å². The molecule has 7 nitrogen and oxygen atoms in total. The quantitative estimate of drug-likeness (QED) is 0.419. The van der Waals surface area contributed by atoms with Crippen LogP contribution in [0.3, 0.4) is 0 Å². The highest BCUT2D eigenvalue weighted by Crippen LogP contribution is 2.27. The number of carbonyl (C=O) groups excluding carboxylic acids is 2. The van der Waals surface area contributed by atoms with Crippen molar-refractivity contribution in [1.29, 1.82) is 0 Å². The van der Waals surface area contributed by atoms with Gasteiger partial charge in [0.15, 0.2) is 0 Å². The molecule has 0 radical (unpaired) electrons. The molecule has 8 heteroatoms. The number of alkyl carbamates (subject to hydrolysis) is 1. The van der Waals surface area contributed by atoms with Crippen molar-refractivity contribution in [2.45, 2.75) is 32.8 Å². The molecule has 0 aliphatic heterocycles. The second-order valence-electron chi connectivity index (χ2n) is 6.39. The third-order valence-electron chi connectivity index (χ3n) is 3.66. The Balaban J connectivity index is 2.15. The molecular formula is C20H29FN2O5. The van der Waals surface area contributed by atoms with Crippen LogP contribution in [0.25, 0.3) is 0 Å². The lowest BCUT2D eigenvalue weighted by atomic mass is 10.0. The Labute approximate surface area is 165 Å². The van der Waals surface area contributed by atoms with Gasteiger partial charge in [0.25, 0.3) is 0 Å². The van der Waals surface area contributed by atoms with Crippen molar-refractivity contribution in [3.05, 3.63) is 42.2 Å². The first kappa shape index (κ1) is 23.4. The Morgan fingerprint density at radius 3 is 2.61 bits per heavy atom. The summed E-state index contributed by atoms with van der Waals surface area (Å²) in [7, 11) is 0. The summed E-state index contributed by atoms with van der Waals surface area (Å²) >= 11 is 0. The third-order valence-corrected chi connectivity index (χ3v) is 3.66. The van der Waals surface area contributed by atoms with E-state index in [1.54, 1.807) is 13.0 Å². The Bertz CT molecular complexity index is 651. The van der Waals surface area contributed by atoms with Crippen molar-refractivity contribution in [1.82, 2.24) is 10.6 Å². The lowest BCUT2D eigenvalue weighted by Gasteiger charge is -2.15. The lowest BCUT2D eigenvalue weighted by Crippen LogP contribution is -2.36. The van der Waals surface area contributed by atoms with E-state index >= 15 is 0 Å². The number of hydrogen-bond acceptors (Lipinski definition) is 5. The van der Waals surface area contributed by atoms with Crippen molar-refractivity contribution >= 4 is 12.0 Å². The van der Waals surface area contributed by atoms with Crippen LogP contribution >= 0.6 is 0 Å². The van der Waals surface area contributed by atoms with Gasteiger partial charge in [-0.2, -0.15) is 0 Å². The van der Waals surface area contributed by atoms with E-state index in [2.05, 4.69) is 17.2 Å². The number of carbonyl (C=O) groups is 2. The van der Waals surface area contributed by atoms with Gasteiger partial charge in [-0.25, -0.2) is 9.18 Å². The molecule has 0 aliphatic carbocycles. The molecule has 0 saturated carbocycles. The summed E-state index contributed by atoms with van der Waals surface area (Å²) < 4.78 is 29.4. The van der Waals surface area contributed by atoms with Gasteiger partial charge in [-0.15, -0.1) is 0 Å². The van der Waals surface area contributed by atoms with E-state index in [1.807, 2.05) is 13.8 Å². The average Bonchev–Trinajstić information content (AvgIpc) is 2.65. The molecule has 0 heterocycles. The van der Waals surface area contributed by atoms with Crippen molar-refractivity contribution in [3.63, 3.8) is 0 Å². The molecule has 1 atom stereocenters. The predicted molar refractivity (Wildman–Crippen MR) is 104 cm³/mol. The monoisotopic (exact) mass is 396 g/mol. The van der Waals surface area contributed by atoms with Gasteiger partial charge >= 0.3 is 6.09 Å². The molecular weight excluding hydrogens is 367 g/mol. The first-order valence-corrected chi connectivity index (χ1v) is 9.18. The van der Waals surface area contributed by atoms with E-state index in [9.17, 15) is 14.0 Å². The van der Waals surface area contributed by atoms with Crippen LogP contribution in [0.5, 0.6) is 5.75 Å². The fourth-order valence-electron chi connectivity index (χ4n) is 2.23. The SMILES string of the molecule is C=CC(=O)NCC(C)OC(=O)NCCOCCOc1cc(F)ccc1C(C)C. The molecule has 0 aromatic heterocycles. The number of halogens is 1. The molecule has 1 unspecified atom stereocenters. The summed E-state index contributed by atoms with van der Waals surface area (Å²) in [6.07, 6.45) is 0.0763. The van der Waals surface area contributed by atoms with Crippen LogP contribution in [-0.2, 0) is 14.3 Å². The number of nitrogens with one attached hydrogen (secondary N) is 2. The summed E-state index contributed by atoms with van der Waals surface area (Å²) in [5.74, 6) is 0.0589. The third kappa shape index (κ3) is 9.36.